The molecule has 0 bridgehead atoms. The predicted molar refractivity (Wildman–Crippen MR) is 36.1 cm³/mol. The number of carboxylic acid groups (broad SMARTS) is 1. The topological polar surface area (TPSA) is 101 Å². The molecule has 0 aliphatic rings. The fraction of sp³-hybridized carbons (Fsp3) is 0.667. The van der Waals surface area contributed by atoms with Crippen LogP contribution in [0.3, 0.4) is 0 Å². The molecule has 2 atom stereocenters. The van der Waals surface area contributed by atoms with Crippen LogP contribution in [0, 0.1) is 0 Å². The van der Waals surface area contributed by atoms with E-state index in [0.717, 1.165) is 0 Å². The van der Waals surface area contributed by atoms with Crippen LogP contribution in [-0.2, 0) is 9.36 Å². The molecule has 0 aliphatic heterocycles. The van der Waals surface area contributed by atoms with Gasteiger partial charge in [0.15, 0.2) is 6.04 Å². The molecule has 0 heterocycles. The second-order valence-electron chi connectivity index (χ2n) is 1.48. The molecular weight excluding hydrogens is 168 g/mol. The Hall–Kier alpha value is 0.490. The minimum Gasteiger partial charge on any atom is -0.480 e. The van der Waals surface area contributed by atoms with E-state index in [1.165, 1.54) is 0 Å². The molecule has 0 aliphatic carbocycles. The van der Waals surface area contributed by atoms with Crippen LogP contribution in [0.15, 0.2) is 0 Å². The van der Waals surface area contributed by atoms with Crippen LogP contribution < -0.4 is 5.73 Å². The summed E-state index contributed by atoms with van der Waals surface area (Å²) in [6.45, 7) is 0. The van der Waals surface area contributed by atoms with Crippen molar-refractivity contribution >= 4 is 43.6 Å². The van der Waals surface area contributed by atoms with Crippen LogP contribution >= 0.6 is 8.03 Å². The Morgan fingerprint density at radius 3 is 2.20 bits per heavy atom. The molecule has 0 aromatic rings. The fourth-order valence-electron chi connectivity index (χ4n) is 0.246. The first-order chi connectivity index (χ1) is 4.04. The van der Waals surface area contributed by atoms with E-state index in [1.807, 2.05) is 0 Å². The molecule has 0 amide bonds. The Morgan fingerprint density at radius 1 is 1.70 bits per heavy atom. The number of carbonyl (C=O) groups is 1. The zero-order valence-corrected chi connectivity index (χ0v) is 8.41. The first kappa shape index (κ1) is 13.1. The van der Waals surface area contributed by atoms with E-state index >= 15 is 0 Å². The second kappa shape index (κ2) is 6.22. The van der Waals surface area contributed by atoms with Crippen LogP contribution in [-0.4, -0.2) is 57.7 Å². The van der Waals surface area contributed by atoms with Gasteiger partial charge in [-0.3, -0.25) is 4.79 Å². The van der Waals surface area contributed by atoms with E-state index in [9.17, 15) is 9.36 Å². The number of carboxylic acids is 1. The first-order valence-electron chi connectivity index (χ1n) is 2.16. The van der Waals surface area contributed by atoms with Gasteiger partial charge in [0, 0.05) is 29.6 Å². The van der Waals surface area contributed by atoms with E-state index in [1.54, 1.807) is 0 Å². The van der Waals surface area contributed by atoms with Crippen LogP contribution in [0.5, 0.6) is 0 Å². The smallest absolute Gasteiger partial charge is 0.480 e. The molecule has 53 valence electrons. The van der Waals surface area contributed by atoms with Crippen LogP contribution in [0.4, 0.5) is 0 Å². The van der Waals surface area contributed by atoms with Crippen molar-refractivity contribution in [1.82, 2.24) is 0 Å². The monoisotopic (exact) mass is 175 g/mol. The third kappa shape index (κ3) is 6.61. The Bertz CT molecular complexity index is 140. The SMILES string of the molecule is N[C@@H](C[P+](=O)O)C(=O)O.[Na]. The summed E-state index contributed by atoms with van der Waals surface area (Å²) in [5, 5.41) is 8.07. The van der Waals surface area contributed by atoms with Gasteiger partial charge < -0.3 is 10.8 Å². The third-order valence-electron chi connectivity index (χ3n) is 0.670. The van der Waals surface area contributed by atoms with E-state index < -0.39 is 20.0 Å². The summed E-state index contributed by atoms with van der Waals surface area (Å²) >= 11 is 0. The molecule has 0 rings (SSSR count). The van der Waals surface area contributed by atoms with Crippen molar-refractivity contribution < 1.29 is 19.4 Å². The molecule has 0 spiro atoms. The molecule has 0 saturated heterocycles. The van der Waals surface area contributed by atoms with E-state index in [-0.39, 0.29) is 35.7 Å². The van der Waals surface area contributed by atoms with Gasteiger partial charge in [-0.25, -0.2) is 0 Å². The molecule has 4 N–H and O–H groups in total. The molecule has 0 aromatic carbocycles. The number of aliphatic carboxylic acids is 1. The molecule has 10 heavy (non-hydrogen) atoms. The molecule has 0 fully saturated rings. The van der Waals surface area contributed by atoms with Crippen LogP contribution in [0.25, 0.3) is 0 Å². The van der Waals surface area contributed by atoms with Crippen molar-refractivity contribution in [1.29, 1.82) is 0 Å². The summed E-state index contributed by atoms with van der Waals surface area (Å²) in [5.74, 6) is -1.26. The minimum absolute atomic E-state index is 0. The summed E-state index contributed by atoms with van der Waals surface area (Å²) in [4.78, 5) is 18.0. The number of nitrogens with two attached hydrogens (primary N) is 1. The van der Waals surface area contributed by atoms with E-state index in [0.29, 0.717) is 0 Å². The van der Waals surface area contributed by atoms with Crippen molar-refractivity contribution in [2.75, 3.05) is 6.16 Å². The van der Waals surface area contributed by atoms with Gasteiger partial charge in [0.25, 0.3) is 0 Å². The quantitative estimate of drug-likeness (QED) is 0.367. The van der Waals surface area contributed by atoms with E-state index in [4.69, 9.17) is 15.7 Å². The van der Waals surface area contributed by atoms with Gasteiger partial charge in [0.05, 0.1) is 0 Å². The zero-order chi connectivity index (χ0) is 7.44. The maximum atomic E-state index is 9.92. The van der Waals surface area contributed by atoms with Gasteiger partial charge in [-0.2, -0.15) is 4.89 Å². The Morgan fingerprint density at radius 2 is 2.10 bits per heavy atom. The second-order valence-corrected chi connectivity index (χ2v) is 2.55. The number of hydrogen-bond donors (Lipinski definition) is 3. The summed E-state index contributed by atoms with van der Waals surface area (Å²) < 4.78 is 9.92. The Balaban J connectivity index is 0. The molecule has 0 aromatic heterocycles. The van der Waals surface area contributed by atoms with Crippen molar-refractivity contribution in [3.8, 4) is 0 Å². The summed E-state index contributed by atoms with van der Waals surface area (Å²) in [6, 6.07) is -1.22. The normalized spacial score (nSPS) is 13.2. The predicted octanol–water partition coefficient (Wildman–Crippen LogP) is -1.25. The summed E-state index contributed by atoms with van der Waals surface area (Å²) in [6.07, 6.45) is -0.384. The number of hydrogen-bond acceptors (Lipinski definition) is 3. The number of rotatable bonds is 3. The molecule has 1 unspecified atom stereocenters. The van der Waals surface area contributed by atoms with Crippen molar-refractivity contribution in [3.05, 3.63) is 0 Å². The molecular formula is C3H7NNaO4P+. The maximum absolute atomic E-state index is 9.92. The average Bonchev–Trinajstić information content (AvgIpc) is 1.63. The standard InChI is InChI=1S/C3H6NO4P.Na/c4-2(3(5)6)1-9(7)8;/h2H,1,4H2,(H-,5,6,7,8);/p+1/t2-;/m0./s1. The summed E-state index contributed by atoms with van der Waals surface area (Å²) in [5.41, 5.74) is 4.87. The van der Waals surface area contributed by atoms with Crippen molar-refractivity contribution in [3.63, 3.8) is 0 Å². The van der Waals surface area contributed by atoms with Gasteiger partial charge in [-0.05, 0) is 4.57 Å². The minimum atomic E-state index is -2.43. The van der Waals surface area contributed by atoms with Gasteiger partial charge >= 0.3 is 14.0 Å². The van der Waals surface area contributed by atoms with Crippen molar-refractivity contribution in [2.24, 2.45) is 5.73 Å². The maximum Gasteiger partial charge on any atom is 0.507 e. The van der Waals surface area contributed by atoms with Gasteiger partial charge in [-0.1, -0.05) is 0 Å². The summed E-state index contributed by atoms with van der Waals surface area (Å²) in [7, 11) is -2.43. The van der Waals surface area contributed by atoms with E-state index in [2.05, 4.69) is 0 Å². The van der Waals surface area contributed by atoms with Crippen LogP contribution in [0.1, 0.15) is 0 Å². The van der Waals surface area contributed by atoms with Gasteiger partial charge in [0.1, 0.15) is 0 Å². The van der Waals surface area contributed by atoms with Gasteiger partial charge in [-0.15, -0.1) is 0 Å². The average molecular weight is 175 g/mol. The Kier molecular flexibility index (Phi) is 8.15. The molecule has 1 radical (unpaired) electrons. The molecule has 0 saturated carbocycles. The fourth-order valence-corrected chi connectivity index (χ4v) is 0.739. The molecule has 5 nitrogen and oxygen atoms in total. The van der Waals surface area contributed by atoms with Crippen LogP contribution in [0.2, 0.25) is 0 Å². The molecule has 7 heteroatoms. The Labute approximate surface area is 80.8 Å². The third-order valence-corrected chi connectivity index (χ3v) is 1.38. The zero-order valence-electron chi connectivity index (χ0n) is 5.52. The first-order valence-corrected chi connectivity index (χ1v) is 3.55. The van der Waals surface area contributed by atoms with Gasteiger partial charge in [0.2, 0.25) is 6.16 Å². The van der Waals surface area contributed by atoms with Crippen molar-refractivity contribution in [2.45, 2.75) is 6.04 Å². The largest absolute Gasteiger partial charge is 0.507 e.